The summed E-state index contributed by atoms with van der Waals surface area (Å²) in [5.41, 5.74) is 12.4. The van der Waals surface area contributed by atoms with Crippen molar-refractivity contribution in [3.05, 3.63) is 239 Å². The lowest BCUT2D eigenvalue weighted by Crippen LogP contribution is -2.24. The van der Waals surface area contributed by atoms with E-state index in [-0.39, 0.29) is 0 Å². The predicted molar refractivity (Wildman–Crippen MR) is 242 cm³/mol. The molecule has 1 nitrogen and oxygen atoms in total. The van der Waals surface area contributed by atoms with Gasteiger partial charge in [-0.3, -0.25) is 0 Å². The normalized spacial score (nSPS) is 20.8. The molecule has 0 aliphatic heterocycles. The Morgan fingerprint density at radius 3 is 2.19 bits per heavy atom. The molecule has 278 valence electrons. The minimum Gasteiger partial charge on any atom is -0.310 e. The quantitative estimate of drug-likeness (QED) is 0.134. The summed E-state index contributed by atoms with van der Waals surface area (Å²) in [6.07, 6.45) is 28.3. The summed E-state index contributed by atoms with van der Waals surface area (Å²) < 4.78 is 0. The molecule has 0 N–H and O–H groups in total. The monoisotopic (exact) mass is 735 g/mol. The van der Waals surface area contributed by atoms with Gasteiger partial charge < -0.3 is 4.90 Å². The number of benzene rings is 6. The first-order valence-electron chi connectivity index (χ1n) is 20.9. The van der Waals surface area contributed by atoms with Crippen LogP contribution in [0.3, 0.4) is 0 Å². The van der Waals surface area contributed by atoms with Crippen molar-refractivity contribution in [2.45, 2.75) is 50.4 Å². The largest absolute Gasteiger partial charge is 0.310 e. The fourth-order valence-electron chi connectivity index (χ4n) is 10.1. The van der Waals surface area contributed by atoms with Crippen molar-refractivity contribution in [2.75, 3.05) is 4.90 Å². The van der Waals surface area contributed by atoms with E-state index < -0.39 is 0 Å². The molecule has 1 heteroatoms. The van der Waals surface area contributed by atoms with Gasteiger partial charge in [0.15, 0.2) is 0 Å². The summed E-state index contributed by atoms with van der Waals surface area (Å²) in [4.78, 5) is 2.45. The van der Waals surface area contributed by atoms with E-state index in [1.165, 1.54) is 66.5 Å². The third-order valence-electron chi connectivity index (χ3n) is 13.1. The molecule has 4 aliphatic carbocycles. The SMILES string of the molecule is CC(c1ccc([C@H]2C=CC(N(c3ccccc3)c3cc4ccccc4c4ccccc34)=CC2)cc1)[C@@H](CC1C=C2CCC=CC2=C2C=CC=CC21)c1ccccc1. The van der Waals surface area contributed by atoms with E-state index in [1.807, 2.05) is 0 Å². The predicted octanol–water partition coefficient (Wildman–Crippen LogP) is 15.0. The fourth-order valence-corrected chi connectivity index (χ4v) is 10.1. The number of hydrogen-bond donors (Lipinski definition) is 0. The van der Waals surface area contributed by atoms with E-state index in [9.17, 15) is 0 Å². The first-order chi connectivity index (χ1) is 28.2. The molecule has 0 fully saturated rings. The zero-order chi connectivity index (χ0) is 38.1. The second-order valence-corrected chi connectivity index (χ2v) is 16.3. The molecule has 0 saturated heterocycles. The highest BCUT2D eigenvalue weighted by atomic mass is 15.1. The third kappa shape index (κ3) is 6.76. The summed E-state index contributed by atoms with van der Waals surface area (Å²) in [6, 6.07) is 51.7. The van der Waals surface area contributed by atoms with Gasteiger partial charge in [0.25, 0.3) is 0 Å². The Morgan fingerprint density at radius 1 is 0.667 bits per heavy atom. The molecule has 6 aromatic rings. The maximum absolute atomic E-state index is 2.64. The molecule has 0 radical (unpaired) electrons. The van der Waals surface area contributed by atoms with Crippen LogP contribution in [-0.2, 0) is 0 Å². The van der Waals surface area contributed by atoms with E-state index >= 15 is 0 Å². The fraction of sp³-hybridized carbons (Fsp3) is 0.179. The van der Waals surface area contributed by atoms with E-state index in [2.05, 4.69) is 212 Å². The molecular formula is C56H49N. The number of hydrogen-bond acceptors (Lipinski definition) is 1. The molecule has 0 spiro atoms. The van der Waals surface area contributed by atoms with Crippen LogP contribution in [0.15, 0.2) is 223 Å². The standard InChI is InChI=1S/C56H49N/c1-39(55(43-16-4-2-5-17-43)37-46-36-44-18-8-10-22-49(44)52-25-13-12-24-51(46)52)40-28-30-41(31-29-40)42-32-34-48(35-33-42)57(47-20-6-3-7-21-47)56-38-45-19-9-11-23-50(45)53-26-14-15-27-54(53)56/h2-7,9-17,19-32,34-36,38-39,42,46,51,55H,8,18,33,37H2,1H3/t39?,42-,46?,51?,55+/m0/s1. The molecule has 0 amide bonds. The van der Waals surface area contributed by atoms with Crippen LogP contribution < -0.4 is 4.90 Å². The van der Waals surface area contributed by atoms with Crippen molar-refractivity contribution < 1.29 is 0 Å². The molecule has 0 aromatic heterocycles. The lowest BCUT2D eigenvalue weighted by Gasteiger charge is -2.37. The lowest BCUT2D eigenvalue weighted by atomic mass is 9.67. The number of rotatable bonds is 9. The van der Waals surface area contributed by atoms with Crippen molar-refractivity contribution in [3.8, 4) is 0 Å². The minimum absolute atomic E-state index is 0.331. The van der Waals surface area contributed by atoms with Crippen LogP contribution >= 0.6 is 0 Å². The summed E-state index contributed by atoms with van der Waals surface area (Å²) in [5.74, 6) is 2.04. The zero-order valence-electron chi connectivity index (χ0n) is 32.7. The lowest BCUT2D eigenvalue weighted by molar-refractivity contribution is 0.406. The van der Waals surface area contributed by atoms with Crippen LogP contribution in [-0.4, -0.2) is 0 Å². The molecule has 10 rings (SSSR count). The number of nitrogens with zero attached hydrogens (tertiary/aromatic N) is 1. The van der Waals surface area contributed by atoms with Crippen LogP contribution in [0.25, 0.3) is 21.5 Å². The van der Waals surface area contributed by atoms with Crippen molar-refractivity contribution >= 4 is 32.9 Å². The average molecular weight is 736 g/mol. The van der Waals surface area contributed by atoms with Crippen molar-refractivity contribution in [1.29, 1.82) is 0 Å². The van der Waals surface area contributed by atoms with Crippen molar-refractivity contribution in [2.24, 2.45) is 11.8 Å². The Hall–Kier alpha value is -6.18. The molecule has 4 aliphatic rings. The minimum atomic E-state index is 0.331. The van der Waals surface area contributed by atoms with Gasteiger partial charge in [0.2, 0.25) is 0 Å². The molecule has 6 aromatic carbocycles. The third-order valence-corrected chi connectivity index (χ3v) is 13.1. The zero-order valence-corrected chi connectivity index (χ0v) is 32.7. The smallest absolute Gasteiger partial charge is 0.0546 e. The Kier molecular flexibility index (Phi) is 9.52. The molecule has 0 saturated carbocycles. The number of para-hydroxylation sites is 1. The molecule has 0 bridgehead atoms. The van der Waals surface area contributed by atoms with Gasteiger partial charge in [-0.05, 0) is 117 Å². The maximum atomic E-state index is 2.64. The topological polar surface area (TPSA) is 3.24 Å². The van der Waals surface area contributed by atoms with Gasteiger partial charge in [0.1, 0.15) is 0 Å². The summed E-state index contributed by atoms with van der Waals surface area (Å²) in [7, 11) is 0. The second-order valence-electron chi connectivity index (χ2n) is 16.3. The van der Waals surface area contributed by atoms with Gasteiger partial charge in [0, 0.05) is 28.6 Å². The van der Waals surface area contributed by atoms with Crippen LogP contribution in [0, 0.1) is 11.8 Å². The van der Waals surface area contributed by atoms with Gasteiger partial charge in [-0.25, -0.2) is 0 Å². The molecule has 57 heavy (non-hydrogen) atoms. The average Bonchev–Trinajstić information content (AvgIpc) is 3.29. The van der Waals surface area contributed by atoms with Gasteiger partial charge in [0.05, 0.1) is 5.69 Å². The van der Waals surface area contributed by atoms with E-state index in [0.29, 0.717) is 29.6 Å². The van der Waals surface area contributed by atoms with Gasteiger partial charge >= 0.3 is 0 Å². The maximum Gasteiger partial charge on any atom is 0.0546 e. The summed E-state index contributed by atoms with van der Waals surface area (Å²) in [6.45, 7) is 2.45. The Bertz CT molecular complexity index is 2650. The molecule has 0 heterocycles. The van der Waals surface area contributed by atoms with Crippen LogP contribution in [0.1, 0.15) is 67.1 Å². The van der Waals surface area contributed by atoms with Gasteiger partial charge in [-0.2, -0.15) is 0 Å². The van der Waals surface area contributed by atoms with Crippen molar-refractivity contribution in [1.82, 2.24) is 0 Å². The highest BCUT2D eigenvalue weighted by Gasteiger charge is 2.33. The van der Waals surface area contributed by atoms with Gasteiger partial charge in [-0.1, -0.05) is 183 Å². The highest BCUT2D eigenvalue weighted by Crippen LogP contribution is 2.48. The Balaban J connectivity index is 0.920. The van der Waals surface area contributed by atoms with Gasteiger partial charge in [-0.15, -0.1) is 0 Å². The van der Waals surface area contributed by atoms with E-state index in [4.69, 9.17) is 0 Å². The Morgan fingerprint density at radius 2 is 1.40 bits per heavy atom. The first kappa shape index (κ1) is 35.2. The van der Waals surface area contributed by atoms with E-state index in [1.54, 1.807) is 5.57 Å². The van der Waals surface area contributed by atoms with Crippen LogP contribution in [0.5, 0.6) is 0 Å². The molecule has 3 unspecified atom stereocenters. The number of allylic oxidation sites excluding steroid dienone is 13. The molecule has 5 atom stereocenters. The second kappa shape index (κ2) is 15.4. The van der Waals surface area contributed by atoms with Crippen molar-refractivity contribution in [3.63, 3.8) is 0 Å². The Labute approximate surface area is 338 Å². The molecular weight excluding hydrogens is 687 g/mol. The van der Waals surface area contributed by atoms with Crippen LogP contribution in [0.4, 0.5) is 11.4 Å². The van der Waals surface area contributed by atoms with E-state index in [0.717, 1.165) is 25.7 Å². The number of fused-ring (bicyclic) bond motifs is 5. The number of anilines is 2. The first-order valence-corrected chi connectivity index (χ1v) is 20.9. The van der Waals surface area contributed by atoms with Crippen LogP contribution in [0.2, 0.25) is 0 Å². The summed E-state index contributed by atoms with van der Waals surface area (Å²) >= 11 is 0. The summed E-state index contributed by atoms with van der Waals surface area (Å²) in [5, 5.41) is 5.09. The highest BCUT2D eigenvalue weighted by molar-refractivity contribution is 6.14.